The smallest absolute Gasteiger partial charge is 0.251 e. The van der Waals surface area contributed by atoms with Gasteiger partial charge in [-0.05, 0) is 42.8 Å². The molecule has 124 valence electrons. The molecule has 24 heavy (non-hydrogen) atoms. The Hall–Kier alpha value is -2.82. The minimum absolute atomic E-state index is 0.114. The number of aromatic amines is 1. The predicted octanol–water partition coefficient (Wildman–Crippen LogP) is 3.84. The highest BCUT2D eigenvalue weighted by Gasteiger charge is 2.18. The van der Waals surface area contributed by atoms with Crippen molar-refractivity contribution >= 4 is 16.9 Å². The number of carbonyl (C=O) groups excluding carboxylic acids is 1. The monoisotopic (exact) mass is 323 g/mol. The van der Waals surface area contributed by atoms with E-state index in [0.717, 1.165) is 35.4 Å². The summed E-state index contributed by atoms with van der Waals surface area (Å²) in [4.78, 5) is 20.4. The Morgan fingerprint density at radius 2 is 1.96 bits per heavy atom. The first-order valence-electron chi connectivity index (χ1n) is 8.11. The number of hydrogen-bond acceptors (Lipinski definition) is 3. The molecule has 0 aliphatic carbocycles. The molecule has 1 amide bonds. The lowest BCUT2D eigenvalue weighted by Gasteiger charge is -2.16. The van der Waals surface area contributed by atoms with Gasteiger partial charge < -0.3 is 15.0 Å². The van der Waals surface area contributed by atoms with Crippen molar-refractivity contribution < 1.29 is 9.53 Å². The second-order valence-corrected chi connectivity index (χ2v) is 5.68. The molecule has 0 saturated carbocycles. The molecule has 0 radical (unpaired) electrons. The number of methoxy groups -OCH3 is 1. The summed E-state index contributed by atoms with van der Waals surface area (Å²) >= 11 is 0. The number of para-hydroxylation sites is 2. The summed E-state index contributed by atoms with van der Waals surface area (Å²) in [6.45, 7) is 2.09. The van der Waals surface area contributed by atoms with Crippen molar-refractivity contribution in [2.75, 3.05) is 7.11 Å². The molecule has 0 aliphatic heterocycles. The van der Waals surface area contributed by atoms with Gasteiger partial charge in [0, 0.05) is 5.56 Å². The number of rotatable bonds is 6. The SMILES string of the molecule is CCC[C@@H](NC(=O)c1ccc(OC)cc1)c1nc2ccccc2[nH]1. The van der Waals surface area contributed by atoms with Gasteiger partial charge in [0.05, 0.1) is 24.2 Å². The molecule has 5 heteroatoms. The maximum Gasteiger partial charge on any atom is 0.251 e. The third-order valence-electron chi connectivity index (χ3n) is 3.97. The van der Waals surface area contributed by atoms with Crippen LogP contribution in [-0.2, 0) is 0 Å². The van der Waals surface area contributed by atoms with E-state index in [-0.39, 0.29) is 11.9 Å². The van der Waals surface area contributed by atoms with Gasteiger partial charge in [0.25, 0.3) is 5.91 Å². The lowest BCUT2D eigenvalue weighted by atomic mass is 10.1. The second kappa shape index (κ2) is 7.17. The van der Waals surface area contributed by atoms with Crippen LogP contribution in [0.4, 0.5) is 0 Å². The van der Waals surface area contributed by atoms with Crippen molar-refractivity contribution in [2.45, 2.75) is 25.8 Å². The highest BCUT2D eigenvalue weighted by atomic mass is 16.5. The van der Waals surface area contributed by atoms with Crippen LogP contribution in [0.5, 0.6) is 5.75 Å². The molecule has 1 heterocycles. The Balaban J connectivity index is 1.80. The quantitative estimate of drug-likeness (QED) is 0.724. The Bertz CT molecular complexity index is 791. The van der Waals surface area contributed by atoms with Crippen molar-refractivity contribution in [1.29, 1.82) is 0 Å². The summed E-state index contributed by atoms with van der Waals surface area (Å²) in [6.07, 6.45) is 1.77. The second-order valence-electron chi connectivity index (χ2n) is 5.68. The first-order chi connectivity index (χ1) is 11.7. The fourth-order valence-electron chi connectivity index (χ4n) is 2.69. The lowest BCUT2D eigenvalue weighted by Crippen LogP contribution is -2.29. The van der Waals surface area contributed by atoms with Gasteiger partial charge in [-0.25, -0.2) is 4.98 Å². The molecule has 0 saturated heterocycles. The highest BCUT2D eigenvalue weighted by molar-refractivity contribution is 5.94. The largest absolute Gasteiger partial charge is 0.497 e. The molecule has 3 rings (SSSR count). The lowest BCUT2D eigenvalue weighted by molar-refractivity contribution is 0.0932. The molecule has 2 aromatic carbocycles. The van der Waals surface area contributed by atoms with E-state index in [2.05, 4.69) is 22.2 Å². The molecule has 0 unspecified atom stereocenters. The van der Waals surface area contributed by atoms with Gasteiger partial charge in [0.2, 0.25) is 0 Å². The maximum atomic E-state index is 12.5. The topological polar surface area (TPSA) is 67.0 Å². The number of carbonyl (C=O) groups is 1. The van der Waals surface area contributed by atoms with Crippen LogP contribution in [0.25, 0.3) is 11.0 Å². The fourth-order valence-corrected chi connectivity index (χ4v) is 2.69. The number of H-pyrrole nitrogens is 1. The molecule has 5 nitrogen and oxygen atoms in total. The Morgan fingerprint density at radius 1 is 1.21 bits per heavy atom. The number of ether oxygens (including phenoxy) is 1. The van der Waals surface area contributed by atoms with Gasteiger partial charge in [0.15, 0.2) is 0 Å². The molecule has 2 N–H and O–H groups in total. The Morgan fingerprint density at radius 3 is 2.62 bits per heavy atom. The van der Waals surface area contributed by atoms with Gasteiger partial charge in [-0.1, -0.05) is 25.5 Å². The molecule has 0 aliphatic rings. The average Bonchev–Trinajstić information content (AvgIpc) is 3.05. The predicted molar refractivity (Wildman–Crippen MR) is 94.2 cm³/mol. The van der Waals surface area contributed by atoms with Gasteiger partial charge in [-0.15, -0.1) is 0 Å². The van der Waals surface area contributed by atoms with E-state index in [4.69, 9.17) is 4.74 Å². The Kier molecular flexibility index (Phi) is 4.79. The van der Waals surface area contributed by atoms with E-state index < -0.39 is 0 Å². The third kappa shape index (κ3) is 3.40. The Labute approximate surface area is 141 Å². The van der Waals surface area contributed by atoms with Crippen LogP contribution >= 0.6 is 0 Å². The van der Waals surface area contributed by atoms with E-state index in [0.29, 0.717) is 5.56 Å². The van der Waals surface area contributed by atoms with Crippen molar-refractivity contribution in [3.63, 3.8) is 0 Å². The molecule has 0 fully saturated rings. The van der Waals surface area contributed by atoms with Gasteiger partial charge in [-0.3, -0.25) is 4.79 Å². The average molecular weight is 323 g/mol. The summed E-state index contributed by atoms with van der Waals surface area (Å²) in [5, 5.41) is 3.08. The van der Waals surface area contributed by atoms with E-state index in [1.165, 1.54) is 0 Å². The summed E-state index contributed by atoms with van der Waals surface area (Å²) in [5.41, 5.74) is 2.49. The molecule has 0 spiro atoms. The number of amides is 1. The zero-order chi connectivity index (χ0) is 16.9. The number of hydrogen-bond donors (Lipinski definition) is 2. The summed E-state index contributed by atoms with van der Waals surface area (Å²) < 4.78 is 5.12. The van der Waals surface area contributed by atoms with Gasteiger partial charge >= 0.3 is 0 Å². The zero-order valence-electron chi connectivity index (χ0n) is 13.9. The minimum Gasteiger partial charge on any atom is -0.497 e. The number of nitrogens with one attached hydrogen (secondary N) is 2. The molecule has 0 bridgehead atoms. The number of fused-ring (bicyclic) bond motifs is 1. The van der Waals surface area contributed by atoms with Crippen LogP contribution in [0.15, 0.2) is 48.5 Å². The number of aromatic nitrogens is 2. The number of imidazole rings is 1. The van der Waals surface area contributed by atoms with Gasteiger partial charge in [-0.2, -0.15) is 0 Å². The van der Waals surface area contributed by atoms with Crippen LogP contribution in [0.3, 0.4) is 0 Å². The third-order valence-corrected chi connectivity index (χ3v) is 3.97. The van der Waals surface area contributed by atoms with E-state index in [9.17, 15) is 4.79 Å². The van der Waals surface area contributed by atoms with Crippen LogP contribution < -0.4 is 10.1 Å². The minimum atomic E-state index is -0.142. The highest BCUT2D eigenvalue weighted by Crippen LogP contribution is 2.20. The van der Waals surface area contributed by atoms with Crippen molar-refractivity contribution in [2.24, 2.45) is 0 Å². The van der Waals surface area contributed by atoms with Crippen molar-refractivity contribution in [3.05, 3.63) is 59.9 Å². The zero-order valence-corrected chi connectivity index (χ0v) is 13.9. The summed E-state index contributed by atoms with van der Waals surface area (Å²) in [5.74, 6) is 1.41. The van der Waals surface area contributed by atoms with Crippen LogP contribution in [0.2, 0.25) is 0 Å². The summed E-state index contributed by atoms with van der Waals surface area (Å²) in [6, 6.07) is 14.8. The van der Waals surface area contributed by atoms with Crippen molar-refractivity contribution in [3.8, 4) is 5.75 Å². The normalized spacial score (nSPS) is 12.1. The molecular formula is C19H21N3O2. The fraction of sp³-hybridized carbons (Fsp3) is 0.263. The van der Waals surface area contributed by atoms with E-state index in [1.807, 2.05) is 24.3 Å². The first-order valence-corrected chi connectivity index (χ1v) is 8.11. The summed E-state index contributed by atoms with van der Waals surface area (Å²) in [7, 11) is 1.61. The molecule has 1 aromatic heterocycles. The standard InChI is InChI=1S/C19H21N3O2/c1-3-6-17(18-20-15-7-4-5-8-16(15)21-18)22-19(23)13-9-11-14(24-2)12-10-13/h4-5,7-12,17H,3,6H2,1-2H3,(H,20,21)(H,22,23)/t17-/m1/s1. The maximum absolute atomic E-state index is 12.5. The van der Waals surface area contributed by atoms with E-state index >= 15 is 0 Å². The van der Waals surface area contributed by atoms with Gasteiger partial charge in [0.1, 0.15) is 11.6 Å². The van der Waals surface area contributed by atoms with Crippen molar-refractivity contribution in [1.82, 2.24) is 15.3 Å². The van der Waals surface area contributed by atoms with Crippen LogP contribution in [-0.4, -0.2) is 23.0 Å². The van der Waals surface area contributed by atoms with Crippen LogP contribution in [0, 0.1) is 0 Å². The first kappa shape index (κ1) is 16.1. The molecule has 3 aromatic rings. The number of benzene rings is 2. The van der Waals surface area contributed by atoms with E-state index in [1.54, 1.807) is 31.4 Å². The number of nitrogens with zero attached hydrogens (tertiary/aromatic N) is 1. The molecule has 1 atom stereocenters. The van der Waals surface area contributed by atoms with Crippen LogP contribution in [0.1, 0.15) is 42.0 Å². The molecular weight excluding hydrogens is 302 g/mol.